The van der Waals surface area contributed by atoms with Gasteiger partial charge in [0.15, 0.2) is 19.7 Å². The molecule has 0 saturated carbocycles. The molecule has 0 radical (unpaired) electrons. The summed E-state index contributed by atoms with van der Waals surface area (Å²) >= 11 is 0. The molecule has 4 aromatic heterocycles. The van der Waals surface area contributed by atoms with Crippen LogP contribution in [0.1, 0.15) is 0 Å². The lowest BCUT2D eigenvalue weighted by Crippen LogP contribution is -2.74. The van der Waals surface area contributed by atoms with Gasteiger partial charge < -0.3 is 4.42 Å². The average molecular weight is 787 g/mol. The maximum atomic E-state index is 6.55. The molecule has 60 heavy (non-hydrogen) atoms. The quantitative estimate of drug-likeness (QED) is 0.119. The first kappa shape index (κ1) is 34.1. The van der Waals surface area contributed by atoms with Crippen molar-refractivity contribution >= 4 is 78.6 Å². The van der Waals surface area contributed by atoms with Gasteiger partial charge in [-0.05, 0) is 57.1 Å². The Bertz CT molecular complexity index is 3450. The minimum atomic E-state index is -2.75. The highest BCUT2D eigenvalue weighted by Gasteiger charge is 2.41. The minimum Gasteiger partial charge on any atom is -0.455 e. The fourth-order valence-corrected chi connectivity index (χ4v) is 13.9. The fraction of sp³-hybridized carbons (Fsp3) is 0. The van der Waals surface area contributed by atoms with Gasteiger partial charge in [0.2, 0.25) is 11.7 Å². The zero-order valence-electron chi connectivity index (χ0n) is 32.2. The van der Waals surface area contributed by atoms with Gasteiger partial charge in [-0.3, -0.25) is 4.40 Å². The number of fused-ring (bicyclic) bond motifs is 8. The molecule has 282 valence electrons. The zero-order chi connectivity index (χ0) is 39.6. The third-order valence-electron chi connectivity index (χ3n) is 11.8. The number of hydrogen-bond donors (Lipinski definition) is 0. The Kier molecular flexibility index (Phi) is 7.73. The largest absolute Gasteiger partial charge is 0.455 e. The van der Waals surface area contributed by atoms with E-state index in [1.54, 1.807) is 0 Å². The second-order valence-corrected chi connectivity index (χ2v) is 18.9. The zero-order valence-corrected chi connectivity index (χ0v) is 33.2. The number of para-hydroxylation sites is 6. The molecular formula is C52H34N6OSi. The molecule has 8 heteroatoms. The van der Waals surface area contributed by atoms with Crippen molar-refractivity contribution in [1.82, 2.24) is 28.9 Å². The Hall–Kier alpha value is -7.94. The Labute approximate surface area is 345 Å². The summed E-state index contributed by atoms with van der Waals surface area (Å²) < 4.78 is 10.8. The molecule has 7 nitrogen and oxygen atoms in total. The van der Waals surface area contributed by atoms with Crippen molar-refractivity contribution in [1.29, 1.82) is 0 Å². The Morgan fingerprint density at radius 2 is 0.950 bits per heavy atom. The molecule has 0 aliphatic heterocycles. The van der Waals surface area contributed by atoms with Crippen LogP contribution in [0.3, 0.4) is 0 Å². The number of rotatable bonds is 7. The van der Waals surface area contributed by atoms with Gasteiger partial charge in [0.05, 0.1) is 27.6 Å². The van der Waals surface area contributed by atoms with E-state index in [4.69, 9.17) is 24.4 Å². The van der Waals surface area contributed by atoms with Crippen LogP contribution in [0.2, 0.25) is 0 Å². The highest BCUT2D eigenvalue weighted by molar-refractivity contribution is 7.19. The lowest BCUT2D eigenvalue weighted by atomic mass is 10.1. The summed E-state index contributed by atoms with van der Waals surface area (Å²) in [6, 6.07) is 72.6. The van der Waals surface area contributed by atoms with Crippen LogP contribution < -0.4 is 20.7 Å². The van der Waals surface area contributed by atoms with Crippen molar-refractivity contribution in [3.8, 4) is 28.7 Å². The van der Waals surface area contributed by atoms with Gasteiger partial charge >= 0.3 is 0 Å². The smallest absolute Gasteiger partial charge is 0.241 e. The van der Waals surface area contributed by atoms with Gasteiger partial charge in [0, 0.05) is 16.3 Å². The number of aromatic nitrogens is 6. The molecule has 0 atom stereocenters. The Morgan fingerprint density at radius 3 is 1.65 bits per heavy atom. The van der Waals surface area contributed by atoms with Crippen LogP contribution in [-0.2, 0) is 0 Å². The molecule has 0 fully saturated rings. The van der Waals surface area contributed by atoms with Crippen LogP contribution in [0.5, 0.6) is 0 Å². The SMILES string of the molecule is c1ccc([Si](c2ccccc2)(c2ccccc2)c2ccc(-c3nc(-c4cccc5c4oc4ccccc45)nc(-n4c5ccccc5n5c6ccccc6nc45)n3)cc2)cc1. The Morgan fingerprint density at radius 1 is 0.400 bits per heavy atom. The second kappa shape index (κ2) is 13.6. The van der Waals surface area contributed by atoms with E-state index in [9.17, 15) is 0 Å². The van der Waals surface area contributed by atoms with Crippen molar-refractivity contribution < 1.29 is 4.42 Å². The molecule has 0 aliphatic rings. The average Bonchev–Trinajstić information content (AvgIpc) is 3.99. The molecule has 0 N–H and O–H groups in total. The molecular weight excluding hydrogens is 753 g/mol. The van der Waals surface area contributed by atoms with Crippen molar-refractivity contribution in [2.45, 2.75) is 0 Å². The van der Waals surface area contributed by atoms with Gasteiger partial charge in [0.25, 0.3) is 0 Å². The summed E-state index contributed by atoms with van der Waals surface area (Å²) in [5.41, 5.74) is 7.07. The van der Waals surface area contributed by atoms with Crippen LogP contribution in [0, 0.1) is 0 Å². The van der Waals surface area contributed by atoms with Gasteiger partial charge in [-0.15, -0.1) is 0 Å². The summed E-state index contributed by atoms with van der Waals surface area (Å²) in [5.74, 6) is 2.25. The summed E-state index contributed by atoms with van der Waals surface area (Å²) in [5, 5.41) is 7.26. The molecule has 0 unspecified atom stereocenters. The molecule has 8 aromatic carbocycles. The summed E-state index contributed by atoms with van der Waals surface area (Å²) in [6.45, 7) is 0. The van der Waals surface area contributed by atoms with Crippen LogP contribution >= 0.6 is 0 Å². The molecule has 0 bridgehead atoms. The highest BCUT2D eigenvalue weighted by Crippen LogP contribution is 2.36. The van der Waals surface area contributed by atoms with Crippen LogP contribution in [0.15, 0.2) is 211 Å². The van der Waals surface area contributed by atoms with Crippen molar-refractivity contribution in [3.63, 3.8) is 0 Å². The van der Waals surface area contributed by atoms with Crippen LogP contribution in [0.4, 0.5) is 0 Å². The Balaban J connectivity index is 1.11. The normalized spacial score (nSPS) is 12.0. The summed E-state index contributed by atoms with van der Waals surface area (Å²) in [4.78, 5) is 21.0. The first-order chi connectivity index (χ1) is 29.8. The lowest BCUT2D eigenvalue weighted by molar-refractivity contribution is 0.669. The first-order valence-corrected chi connectivity index (χ1v) is 22.1. The van der Waals surface area contributed by atoms with E-state index in [0.717, 1.165) is 60.9 Å². The first-order valence-electron chi connectivity index (χ1n) is 20.1. The van der Waals surface area contributed by atoms with E-state index >= 15 is 0 Å². The summed E-state index contributed by atoms with van der Waals surface area (Å²) in [6.07, 6.45) is 0. The molecule has 0 spiro atoms. The van der Waals surface area contributed by atoms with Gasteiger partial charge in [-0.2, -0.15) is 9.97 Å². The molecule has 4 heterocycles. The van der Waals surface area contributed by atoms with Gasteiger partial charge in [-0.1, -0.05) is 170 Å². The number of nitrogens with zero attached hydrogens (tertiary/aromatic N) is 6. The molecule has 0 aliphatic carbocycles. The van der Waals surface area contributed by atoms with E-state index in [0.29, 0.717) is 17.6 Å². The monoisotopic (exact) mass is 786 g/mol. The molecule has 0 saturated heterocycles. The minimum absolute atomic E-state index is 0.468. The van der Waals surface area contributed by atoms with Crippen molar-refractivity contribution in [2.75, 3.05) is 0 Å². The second-order valence-electron chi connectivity index (χ2n) is 15.0. The molecule has 12 aromatic rings. The predicted octanol–water partition coefficient (Wildman–Crippen LogP) is 9.23. The lowest BCUT2D eigenvalue weighted by Gasteiger charge is -2.34. The third kappa shape index (κ3) is 5.14. The number of imidazole rings is 2. The summed E-state index contributed by atoms with van der Waals surface area (Å²) in [7, 11) is -2.75. The number of furan rings is 1. The van der Waals surface area contributed by atoms with Gasteiger partial charge in [-0.25, -0.2) is 14.5 Å². The predicted molar refractivity (Wildman–Crippen MR) is 245 cm³/mol. The highest BCUT2D eigenvalue weighted by atomic mass is 28.3. The van der Waals surface area contributed by atoms with E-state index in [2.05, 4.69) is 161 Å². The topological polar surface area (TPSA) is 74.0 Å². The third-order valence-corrected chi connectivity index (χ3v) is 16.6. The standard InChI is InChI=1S/C52H34N6OSi/c1-4-17-36(18-5-1)60(37-19-6-2-7-20-37,38-21-8-3-9-22-38)39-33-31-35(32-34-39)49-54-50(42-25-16-24-41-40-23-10-15-30-47(40)59-48(41)42)56-51(55-49)58-46-29-14-13-28-45(46)57-44-27-12-11-26-43(44)53-52(57)58/h1-34H. The van der Waals surface area contributed by atoms with Crippen molar-refractivity contribution in [2.24, 2.45) is 0 Å². The van der Waals surface area contributed by atoms with Crippen molar-refractivity contribution in [3.05, 3.63) is 206 Å². The van der Waals surface area contributed by atoms with Crippen LogP contribution in [-0.4, -0.2) is 37.0 Å². The van der Waals surface area contributed by atoms with E-state index < -0.39 is 8.07 Å². The van der Waals surface area contributed by atoms with E-state index in [-0.39, 0.29) is 0 Å². The van der Waals surface area contributed by atoms with Gasteiger partial charge in [0.1, 0.15) is 11.2 Å². The molecule has 12 rings (SSSR count). The number of benzene rings is 8. The molecule has 0 amide bonds. The van der Waals surface area contributed by atoms with E-state index in [1.807, 2.05) is 54.6 Å². The maximum Gasteiger partial charge on any atom is 0.241 e. The van der Waals surface area contributed by atoms with E-state index in [1.165, 1.54) is 20.7 Å². The fourth-order valence-electron chi connectivity index (χ4n) is 9.12. The maximum absolute atomic E-state index is 6.55. The van der Waals surface area contributed by atoms with Crippen LogP contribution in [0.25, 0.3) is 78.5 Å². The number of hydrogen-bond acceptors (Lipinski definition) is 5.